The van der Waals surface area contributed by atoms with Crippen LogP contribution in [0.2, 0.25) is 0 Å². The average molecular weight is 373 g/mol. The zero-order valence-corrected chi connectivity index (χ0v) is 14.0. The summed E-state index contributed by atoms with van der Waals surface area (Å²) in [4.78, 5) is 12.9. The Balaban J connectivity index is 2.13. The van der Waals surface area contributed by atoms with Crippen LogP contribution in [0, 0.1) is 28.3 Å². The van der Waals surface area contributed by atoms with Gasteiger partial charge in [-0.25, -0.2) is 13.2 Å². The molecule has 0 spiro atoms. The van der Waals surface area contributed by atoms with Gasteiger partial charge in [0.15, 0.2) is 11.6 Å². The molecule has 0 radical (unpaired) electrons. The van der Waals surface area contributed by atoms with Crippen LogP contribution in [0.1, 0.15) is 5.56 Å². The molecule has 3 rings (SSSR count). The summed E-state index contributed by atoms with van der Waals surface area (Å²) in [5, 5.41) is 18.4. The number of nitrogens with one attached hydrogen (secondary N) is 3. The standard InChI is InChI=1S/C18H14F3N5O/c1-26-7-11(15(23)16(24)18(26)27)10-6-9(22)2-3-14(10)25-17-12(20)4-8(19)5-13(17)21/h2-7,23-25H,22H2,1H3. The van der Waals surface area contributed by atoms with Crippen molar-refractivity contribution in [2.45, 2.75) is 0 Å². The van der Waals surface area contributed by atoms with Crippen LogP contribution in [0.4, 0.5) is 30.2 Å². The number of hydrogen-bond donors (Lipinski definition) is 4. The van der Waals surface area contributed by atoms with Crippen LogP contribution in [0.25, 0.3) is 5.57 Å². The quantitative estimate of drug-likeness (QED) is 0.620. The van der Waals surface area contributed by atoms with Gasteiger partial charge in [0.05, 0.1) is 5.71 Å². The van der Waals surface area contributed by atoms with Gasteiger partial charge in [-0.15, -0.1) is 0 Å². The van der Waals surface area contributed by atoms with E-state index in [0.717, 1.165) is 4.90 Å². The third kappa shape index (κ3) is 3.26. The molecule has 0 unspecified atom stereocenters. The highest BCUT2D eigenvalue weighted by atomic mass is 19.1. The second-order valence-electron chi connectivity index (χ2n) is 5.88. The van der Waals surface area contributed by atoms with Crippen molar-refractivity contribution in [1.29, 1.82) is 10.8 Å². The van der Waals surface area contributed by atoms with Crippen molar-refractivity contribution in [3.8, 4) is 0 Å². The molecule has 0 saturated carbocycles. The normalized spacial score (nSPS) is 14.4. The summed E-state index contributed by atoms with van der Waals surface area (Å²) in [5.41, 5.74) is 5.22. The molecule has 2 aromatic rings. The first-order valence-electron chi connectivity index (χ1n) is 7.67. The lowest BCUT2D eigenvalue weighted by molar-refractivity contribution is -0.120. The SMILES string of the molecule is CN1C=C(c2cc(N)ccc2Nc2c(F)cc(F)cc2F)C(=N)C(=N)C1=O. The minimum absolute atomic E-state index is 0.167. The van der Waals surface area contributed by atoms with Crippen LogP contribution in [-0.4, -0.2) is 29.3 Å². The topological polar surface area (TPSA) is 106 Å². The third-order valence-electron chi connectivity index (χ3n) is 3.98. The van der Waals surface area contributed by atoms with E-state index in [-0.39, 0.29) is 22.5 Å². The lowest BCUT2D eigenvalue weighted by Gasteiger charge is -2.24. The molecule has 5 N–H and O–H groups in total. The molecule has 6 nitrogen and oxygen atoms in total. The van der Waals surface area contributed by atoms with Gasteiger partial charge in [-0.2, -0.15) is 0 Å². The van der Waals surface area contributed by atoms with Crippen molar-refractivity contribution >= 4 is 40.0 Å². The van der Waals surface area contributed by atoms with Crippen LogP contribution in [0.15, 0.2) is 36.5 Å². The first-order valence-corrected chi connectivity index (χ1v) is 7.67. The van der Waals surface area contributed by atoms with Crippen molar-refractivity contribution < 1.29 is 18.0 Å². The van der Waals surface area contributed by atoms with Gasteiger partial charge >= 0.3 is 0 Å². The Kier molecular flexibility index (Phi) is 4.44. The first-order chi connectivity index (χ1) is 12.7. The Labute approximate surface area is 152 Å². The predicted molar refractivity (Wildman–Crippen MR) is 96.7 cm³/mol. The molecule has 0 atom stereocenters. The summed E-state index contributed by atoms with van der Waals surface area (Å²) in [6, 6.07) is 5.41. The number of halogens is 3. The second kappa shape index (κ2) is 6.60. The number of carbonyl (C=O) groups excluding carboxylic acids is 1. The Morgan fingerprint density at radius 2 is 1.67 bits per heavy atom. The number of rotatable bonds is 3. The molecule has 2 aromatic carbocycles. The van der Waals surface area contributed by atoms with Crippen LogP contribution in [0.5, 0.6) is 0 Å². The Morgan fingerprint density at radius 1 is 1.04 bits per heavy atom. The molecule has 0 aromatic heterocycles. The van der Waals surface area contributed by atoms with Crippen molar-refractivity contribution in [3.63, 3.8) is 0 Å². The number of allylic oxidation sites excluding steroid dienone is 1. The van der Waals surface area contributed by atoms with E-state index in [0.29, 0.717) is 17.8 Å². The van der Waals surface area contributed by atoms with E-state index >= 15 is 0 Å². The van der Waals surface area contributed by atoms with E-state index in [2.05, 4.69) is 5.32 Å². The molecule has 0 saturated heterocycles. The Morgan fingerprint density at radius 3 is 2.30 bits per heavy atom. The number of anilines is 3. The zero-order valence-electron chi connectivity index (χ0n) is 14.0. The molecule has 0 aliphatic carbocycles. The van der Waals surface area contributed by atoms with Gasteiger partial charge in [0, 0.05) is 47.9 Å². The smallest absolute Gasteiger partial charge is 0.277 e. The minimum atomic E-state index is -1.14. The highest BCUT2D eigenvalue weighted by Crippen LogP contribution is 2.33. The molecule has 1 aliphatic rings. The number of nitrogen functional groups attached to an aromatic ring is 1. The van der Waals surface area contributed by atoms with E-state index < -0.39 is 34.8 Å². The highest BCUT2D eigenvalue weighted by molar-refractivity contribution is 6.75. The zero-order chi connectivity index (χ0) is 19.9. The molecule has 1 amide bonds. The maximum atomic E-state index is 14.0. The van der Waals surface area contributed by atoms with E-state index in [1.54, 1.807) is 0 Å². The number of nitrogens with two attached hydrogens (primary N) is 1. The fourth-order valence-electron chi connectivity index (χ4n) is 2.63. The van der Waals surface area contributed by atoms with Crippen LogP contribution < -0.4 is 11.1 Å². The van der Waals surface area contributed by atoms with Crippen molar-refractivity contribution in [2.75, 3.05) is 18.1 Å². The van der Waals surface area contributed by atoms with Crippen molar-refractivity contribution in [3.05, 3.63) is 59.5 Å². The van der Waals surface area contributed by atoms with Gasteiger partial charge < -0.3 is 16.0 Å². The van der Waals surface area contributed by atoms with Gasteiger partial charge in [0.25, 0.3) is 5.91 Å². The molecule has 0 fully saturated rings. The molecule has 0 bridgehead atoms. The van der Waals surface area contributed by atoms with E-state index in [1.807, 2.05) is 0 Å². The second-order valence-corrected chi connectivity index (χ2v) is 5.88. The summed E-state index contributed by atoms with van der Waals surface area (Å²) in [6.07, 6.45) is 1.33. The molecule has 1 aliphatic heterocycles. The fourth-order valence-corrected chi connectivity index (χ4v) is 2.63. The molecular weight excluding hydrogens is 359 g/mol. The van der Waals surface area contributed by atoms with Crippen molar-refractivity contribution in [2.24, 2.45) is 0 Å². The number of nitrogens with zero attached hydrogens (tertiary/aromatic N) is 1. The summed E-state index contributed by atoms with van der Waals surface area (Å²) in [5.74, 6) is -3.98. The van der Waals surface area contributed by atoms with Gasteiger partial charge in [-0.1, -0.05) is 0 Å². The Bertz CT molecular complexity index is 1010. The number of benzene rings is 2. The van der Waals surface area contributed by atoms with Gasteiger partial charge in [-0.3, -0.25) is 15.6 Å². The first kappa shape index (κ1) is 18.2. The highest BCUT2D eigenvalue weighted by Gasteiger charge is 2.29. The van der Waals surface area contributed by atoms with Crippen LogP contribution in [-0.2, 0) is 4.79 Å². The van der Waals surface area contributed by atoms with Gasteiger partial charge in [0.1, 0.15) is 17.2 Å². The number of carbonyl (C=O) groups is 1. The summed E-state index contributed by atoms with van der Waals surface area (Å²) < 4.78 is 41.1. The maximum absolute atomic E-state index is 14.0. The average Bonchev–Trinajstić information content (AvgIpc) is 2.60. The van der Waals surface area contributed by atoms with E-state index in [1.165, 1.54) is 31.4 Å². The summed E-state index contributed by atoms with van der Waals surface area (Å²) >= 11 is 0. The number of hydrogen-bond acceptors (Lipinski definition) is 5. The minimum Gasteiger partial charge on any atom is -0.399 e. The molecular formula is C18H14F3N5O. The molecule has 27 heavy (non-hydrogen) atoms. The monoisotopic (exact) mass is 373 g/mol. The predicted octanol–water partition coefficient (Wildman–Crippen LogP) is 3.28. The Hall–Kier alpha value is -3.62. The maximum Gasteiger partial charge on any atom is 0.277 e. The largest absolute Gasteiger partial charge is 0.399 e. The van der Waals surface area contributed by atoms with Crippen LogP contribution >= 0.6 is 0 Å². The van der Waals surface area contributed by atoms with Gasteiger partial charge in [0.2, 0.25) is 0 Å². The lowest BCUT2D eigenvalue weighted by atomic mass is 9.93. The molecule has 1 heterocycles. The van der Waals surface area contributed by atoms with E-state index in [9.17, 15) is 18.0 Å². The van der Waals surface area contributed by atoms with E-state index in [4.69, 9.17) is 16.6 Å². The van der Waals surface area contributed by atoms with Crippen molar-refractivity contribution in [1.82, 2.24) is 4.90 Å². The lowest BCUT2D eigenvalue weighted by Crippen LogP contribution is -2.38. The number of amides is 1. The fraction of sp³-hybridized carbons (Fsp3) is 0.0556. The molecule has 9 heteroatoms. The van der Waals surface area contributed by atoms with Crippen LogP contribution in [0.3, 0.4) is 0 Å². The third-order valence-corrected chi connectivity index (χ3v) is 3.98. The van der Waals surface area contributed by atoms with Gasteiger partial charge in [-0.05, 0) is 18.2 Å². The summed E-state index contributed by atoms with van der Waals surface area (Å²) in [6.45, 7) is 0. The molecule has 138 valence electrons. The summed E-state index contributed by atoms with van der Waals surface area (Å²) in [7, 11) is 1.42.